The average Bonchev–Trinajstić information content (AvgIpc) is 3.08. The largest absolute Gasteiger partial charge is 0.416 e. The van der Waals surface area contributed by atoms with Crippen LogP contribution in [-0.2, 0) is 22.2 Å². The van der Waals surface area contributed by atoms with Crippen LogP contribution in [0.15, 0.2) is 24.3 Å². The minimum absolute atomic E-state index is 0.0382. The summed E-state index contributed by atoms with van der Waals surface area (Å²) in [5.41, 5.74) is -0.843. The predicted octanol–water partition coefficient (Wildman–Crippen LogP) is 2.86. The van der Waals surface area contributed by atoms with Crippen molar-refractivity contribution in [1.82, 2.24) is 9.80 Å². The molecule has 1 saturated heterocycles. The van der Waals surface area contributed by atoms with Crippen molar-refractivity contribution < 1.29 is 22.8 Å². The van der Waals surface area contributed by atoms with Crippen LogP contribution in [0.25, 0.3) is 0 Å². The molecule has 0 unspecified atom stereocenters. The van der Waals surface area contributed by atoms with E-state index in [-0.39, 0.29) is 30.5 Å². The molecule has 0 radical (unpaired) electrons. The summed E-state index contributed by atoms with van der Waals surface area (Å²) in [6.45, 7) is 0.814. The number of halogens is 3. The fourth-order valence-corrected chi connectivity index (χ4v) is 3.73. The molecular weight excluding hydrogens is 333 g/mol. The molecule has 1 saturated carbocycles. The summed E-state index contributed by atoms with van der Waals surface area (Å²) in [5.74, 6) is -0.535. The summed E-state index contributed by atoms with van der Waals surface area (Å²) in [5, 5.41) is 0. The molecule has 1 aromatic rings. The van der Waals surface area contributed by atoms with Crippen LogP contribution in [0.1, 0.15) is 36.8 Å². The molecule has 0 atom stereocenters. The van der Waals surface area contributed by atoms with Crippen molar-refractivity contribution in [2.24, 2.45) is 0 Å². The van der Waals surface area contributed by atoms with Crippen LogP contribution in [0.5, 0.6) is 0 Å². The zero-order chi connectivity index (χ0) is 18.0. The maximum Gasteiger partial charge on any atom is 0.416 e. The summed E-state index contributed by atoms with van der Waals surface area (Å²) in [4.78, 5) is 27.9. The molecule has 2 fully saturated rings. The van der Waals surface area contributed by atoms with E-state index >= 15 is 0 Å². The lowest BCUT2D eigenvalue weighted by atomic mass is 10.0. The van der Waals surface area contributed by atoms with E-state index in [0.29, 0.717) is 13.1 Å². The molecule has 1 aromatic carbocycles. The standard InChI is InChI=1S/C18H21F3N2O2/c19-18(20,21)15-8-4-1-5-13(15)11-16(24)22-9-10-23(17(25)12-22)14-6-2-3-7-14/h1,4-5,8,14H,2-3,6-7,9-12H2. The number of nitrogens with zero attached hydrogens (tertiary/aromatic N) is 2. The highest BCUT2D eigenvalue weighted by molar-refractivity contribution is 5.87. The highest BCUT2D eigenvalue weighted by Gasteiger charge is 2.35. The maximum atomic E-state index is 13.0. The van der Waals surface area contributed by atoms with Crippen LogP contribution >= 0.6 is 0 Å². The van der Waals surface area contributed by atoms with Crippen LogP contribution in [0.2, 0.25) is 0 Å². The number of amides is 2. The third-order valence-electron chi connectivity index (χ3n) is 5.04. The maximum absolute atomic E-state index is 13.0. The second-order valence-corrected chi connectivity index (χ2v) is 6.67. The van der Waals surface area contributed by atoms with E-state index in [1.165, 1.54) is 23.1 Å². The Morgan fingerprint density at radius 2 is 1.80 bits per heavy atom. The van der Waals surface area contributed by atoms with Crippen LogP contribution < -0.4 is 0 Å². The number of alkyl halides is 3. The molecule has 3 rings (SSSR count). The Balaban J connectivity index is 1.64. The van der Waals surface area contributed by atoms with Crippen molar-refractivity contribution in [2.75, 3.05) is 19.6 Å². The van der Waals surface area contributed by atoms with Gasteiger partial charge < -0.3 is 9.80 Å². The number of carbonyl (C=O) groups excluding carboxylic acids is 2. The molecule has 4 nitrogen and oxygen atoms in total. The van der Waals surface area contributed by atoms with Gasteiger partial charge in [-0.1, -0.05) is 31.0 Å². The molecule has 0 aromatic heterocycles. The van der Waals surface area contributed by atoms with Gasteiger partial charge in [-0.25, -0.2) is 0 Å². The zero-order valence-corrected chi connectivity index (χ0v) is 13.9. The SMILES string of the molecule is O=C(Cc1ccccc1C(F)(F)F)N1CCN(C2CCCC2)C(=O)C1. The summed E-state index contributed by atoms with van der Waals surface area (Å²) in [7, 11) is 0. The average molecular weight is 354 g/mol. The van der Waals surface area contributed by atoms with Gasteiger partial charge in [-0.2, -0.15) is 13.2 Å². The van der Waals surface area contributed by atoms with E-state index in [9.17, 15) is 22.8 Å². The fraction of sp³-hybridized carbons (Fsp3) is 0.556. The minimum atomic E-state index is -4.49. The fourth-order valence-electron chi connectivity index (χ4n) is 3.73. The molecular formula is C18H21F3N2O2. The Morgan fingerprint density at radius 1 is 1.12 bits per heavy atom. The van der Waals surface area contributed by atoms with E-state index < -0.39 is 17.6 Å². The van der Waals surface area contributed by atoms with Crippen molar-refractivity contribution >= 4 is 11.8 Å². The second-order valence-electron chi connectivity index (χ2n) is 6.67. The van der Waals surface area contributed by atoms with Gasteiger partial charge in [0, 0.05) is 19.1 Å². The van der Waals surface area contributed by atoms with Gasteiger partial charge in [0.15, 0.2) is 0 Å². The van der Waals surface area contributed by atoms with Crippen LogP contribution in [-0.4, -0.2) is 47.3 Å². The van der Waals surface area contributed by atoms with E-state index in [4.69, 9.17) is 0 Å². The summed E-state index contributed by atoms with van der Waals surface area (Å²) in [6.07, 6.45) is -0.603. The molecule has 1 heterocycles. The van der Waals surface area contributed by atoms with Gasteiger partial charge in [0.25, 0.3) is 0 Å². The lowest BCUT2D eigenvalue weighted by Gasteiger charge is -2.38. The molecule has 25 heavy (non-hydrogen) atoms. The van der Waals surface area contributed by atoms with Crippen molar-refractivity contribution in [2.45, 2.75) is 44.3 Å². The van der Waals surface area contributed by atoms with E-state index in [1.807, 2.05) is 4.90 Å². The Labute approximate surface area is 144 Å². The number of benzene rings is 1. The van der Waals surface area contributed by atoms with Gasteiger partial charge in [0.2, 0.25) is 11.8 Å². The zero-order valence-electron chi connectivity index (χ0n) is 13.9. The molecule has 2 aliphatic rings. The van der Waals surface area contributed by atoms with Crippen molar-refractivity contribution in [3.63, 3.8) is 0 Å². The molecule has 0 N–H and O–H groups in total. The van der Waals surface area contributed by atoms with Crippen molar-refractivity contribution in [1.29, 1.82) is 0 Å². The number of piperazine rings is 1. The molecule has 2 amide bonds. The van der Waals surface area contributed by atoms with E-state index in [1.54, 1.807) is 0 Å². The highest BCUT2D eigenvalue weighted by Crippen LogP contribution is 2.32. The molecule has 1 aliphatic heterocycles. The number of hydrogen-bond donors (Lipinski definition) is 0. The third-order valence-corrected chi connectivity index (χ3v) is 5.04. The van der Waals surface area contributed by atoms with Gasteiger partial charge in [0.05, 0.1) is 18.5 Å². The van der Waals surface area contributed by atoms with Gasteiger partial charge >= 0.3 is 6.18 Å². The predicted molar refractivity (Wildman–Crippen MR) is 85.7 cm³/mol. The van der Waals surface area contributed by atoms with Gasteiger partial charge in [0.1, 0.15) is 0 Å². The summed E-state index contributed by atoms with van der Waals surface area (Å²) in [6, 6.07) is 5.35. The molecule has 0 bridgehead atoms. The second kappa shape index (κ2) is 7.06. The van der Waals surface area contributed by atoms with E-state index in [0.717, 1.165) is 31.7 Å². The van der Waals surface area contributed by atoms with Crippen LogP contribution in [0.4, 0.5) is 13.2 Å². The highest BCUT2D eigenvalue weighted by atomic mass is 19.4. The van der Waals surface area contributed by atoms with Crippen LogP contribution in [0, 0.1) is 0 Å². The molecule has 0 spiro atoms. The lowest BCUT2D eigenvalue weighted by molar-refractivity contribution is -0.147. The third kappa shape index (κ3) is 3.96. The molecule has 136 valence electrons. The molecule has 7 heteroatoms. The quantitative estimate of drug-likeness (QED) is 0.838. The minimum Gasteiger partial charge on any atom is -0.336 e. The van der Waals surface area contributed by atoms with Crippen molar-refractivity contribution in [3.05, 3.63) is 35.4 Å². The first-order valence-electron chi connectivity index (χ1n) is 8.58. The van der Waals surface area contributed by atoms with Gasteiger partial charge in [-0.05, 0) is 24.5 Å². The number of hydrogen-bond acceptors (Lipinski definition) is 2. The topological polar surface area (TPSA) is 40.6 Å². The lowest BCUT2D eigenvalue weighted by Crippen LogP contribution is -2.55. The number of rotatable bonds is 3. The van der Waals surface area contributed by atoms with E-state index in [2.05, 4.69) is 0 Å². The van der Waals surface area contributed by atoms with Gasteiger partial charge in [-0.3, -0.25) is 9.59 Å². The first-order valence-corrected chi connectivity index (χ1v) is 8.58. The Kier molecular flexibility index (Phi) is 5.01. The summed E-state index contributed by atoms with van der Waals surface area (Å²) >= 11 is 0. The monoisotopic (exact) mass is 354 g/mol. The Bertz CT molecular complexity index is 654. The van der Waals surface area contributed by atoms with Crippen molar-refractivity contribution in [3.8, 4) is 0 Å². The molecule has 1 aliphatic carbocycles. The Hall–Kier alpha value is -2.05. The number of carbonyl (C=O) groups is 2. The summed E-state index contributed by atoms with van der Waals surface area (Å²) < 4.78 is 39.1. The smallest absolute Gasteiger partial charge is 0.336 e. The normalized spacial score (nSPS) is 19.6. The first-order chi connectivity index (χ1) is 11.9. The van der Waals surface area contributed by atoms with Gasteiger partial charge in [-0.15, -0.1) is 0 Å². The van der Waals surface area contributed by atoms with Crippen LogP contribution in [0.3, 0.4) is 0 Å². The Morgan fingerprint density at radius 3 is 2.44 bits per heavy atom. The first kappa shape index (κ1) is 17.8.